The highest BCUT2D eigenvalue weighted by molar-refractivity contribution is 5.96. The summed E-state index contributed by atoms with van der Waals surface area (Å²) >= 11 is 0. The maximum absolute atomic E-state index is 12.9. The van der Waals surface area contributed by atoms with E-state index in [1.807, 2.05) is 6.07 Å². The van der Waals surface area contributed by atoms with Crippen molar-refractivity contribution < 1.29 is 22.7 Å². The molecule has 1 aromatic heterocycles. The van der Waals surface area contributed by atoms with E-state index in [0.717, 1.165) is 113 Å². The lowest BCUT2D eigenvalue weighted by Crippen LogP contribution is -2.49. The Labute approximate surface area is 275 Å². The summed E-state index contributed by atoms with van der Waals surface area (Å²) in [6, 6.07) is 23.2. The van der Waals surface area contributed by atoms with E-state index in [2.05, 4.69) is 67.8 Å². The number of Topliss-reactive ketones (excluding diaryl/α,β-unsaturated/α-hetero) is 1. The van der Waals surface area contributed by atoms with Crippen molar-refractivity contribution in [3.63, 3.8) is 0 Å². The highest BCUT2D eigenvalue weighted by Gasteiger charge is 2.34. The van der Waals surface area contributed by atoms with Gasteiger partial charge in [0.05, 0.1) is 5.54 Å². The second-order valence-electron chi connectivity index (χ2n) is 13.3. The van der Waals surface area contributed by atoms with Crippen molar-refractivity contribution in [2.24, 2.45) is 5.73 Å². The van der Waals surface area contributed by atoms with Gasteiger partial charge < -0.3 is 15.0 Å². The molecule has 6 nitrogen and oxygen atoms in total. The number of hydrogen-bond acceptors (Lipinski definition) is 5. The fraction of sp³-hybridized carbons (Fsp3) is 0.447. The van der Waals surface area contributed by atoms with Gasteiger partial charge in [-0.1, -0.05) is 67.8 Å². The van der Waals surface area contributed by atoms with E-state index in [-0.39, 0.29) is 11.5 Å². The zero-order valence-electron chi connectivity index (χ0n) is 27.0. The average Bonchev–Trinajstić information content (AvgIpc) is 3.42. The van der Waals surface area contributed by atoms with Crippen LogP contribution in [0.1, 0.15) is 62.5 Å². The average molecular weight is 647 g/mol. The molecule has 1 aliphatic carbocycles. The number of benzene rings is 3. The Morgan fingerprint density at radius 1 is 0.809 bits per heavy atom. The summed E-state index contributed by atoms with van der Waals surface area (Å²) in [5.74, 6) is -0.0562. The molecular weight excluding hydrogens is 601 g/mol. The summed E-state index contributed by atoms with van der Waals surface area (Å²) in [4.78, 5) is 17.9. The van der Waals surface area contributed by atoms with Gasteiger partial charge in [-0.3, -0.25) is 14.6 Å². The Kier molecular flexibility index (Phi) is 10.3. The number of aromatic nitrogens is 1. The number of hydrogen-bond donors (Lipinski definition) is 1. The van der Waals surface area contributed by atoms with Gasteiger partial charge in [-0.05, 0) is 66.6 Å². The SMILES string of the molecule is NC1(C(=O)CCCCn2cc(-c3ccc(OC(F)(F)F)cc3)c3cc(CN4CCN(Cc5ccccc5)CC4)ccc32)CCCCC1. The lowest BCUT2D eigenvalue weighted by Gasteiger charge is -2.34. The second kappa shape index (κ2) is 14.6. The van der Waals surface area contributed by atoms with E-state index in [1.54, 1.807) is 12.1 Å². The number of unbranched alkanes of at least 4 members (excludes halogenated alkanes) is 1. The van der Waals surface area contributed by atoms with Gasteiger partial charge >= 0.3 is 6.36 Å². The number of fused-ring (bicyclic) bond motifs is 1. The van der Waals surface area contributed by atoms with Crippen molar-refractivity contribution in [3.05, 3.63) is 90.1 Å². The van der Waals surface area contributed by atoms with Crippen LogP contribution in [-0.2, 0) is 24.4 Å². The second-order valence-corrected chi connectivity index (χ2v) is 13.3. The van der Waals surface area contributed by atoms with Crippen LogP contribution in [0.5, 0.6) is 5.75 Å². The van der Waals surface area contributed by atoms with Crippen LogP contribution < -0.4 is 10.5 Å². The lowest BCUT2D eigenvalue weighted by molar-refractivity contribution is -0.274. The van der Waals surface area contributed by atoms with Gasteiger partial charge in [0, 0.05) is 74.9 Å². The number of aryl methyl sites for hydroxylation is 1. The number of carbonyl (C=O) groups is 1. The third kappa shape index (κ3) is 8.63. The fourth-order valence-electron chi connectivity index (χ4n) is 7.18. The molecule has 47 heavy (non-hydrogen) atoms. The van der Waals surface area contributed by atoms with Crippen molar-refractivity contribution in [3.8, 4) is 16.9 Å². The molecule has 2 N–H and O–H groups in total. The smallest absolute Gasteiger partial charge is 0.406 e. The standard InChI is InChI=1S/C38H45F3N4O2/c39-38(40,41)47-32-15-13-31(14-16-32)34-28-45(20-8-5-11-36(46)37(42)18-6-2-7-19-37)35-17-12-30(25-33(34)35)27-44-23-21-43(22-24-44)26-29-9-3-1-4-10-29/h1,3-4,9-10,12-17,25,28H,2,5-8,11,18-24,26-27,42H2. The monoisotopic (exact) mass is 646 g/mol. The van der Waals surface area contributed by atoms with E-state index < -0.39 is 11.9 Å². The molecule has 0 spiro atoms. The Morgan fingerprint density at radius 3 is 2.13 bits per heavy atom. The number of nitrogens with two attached hydrogens (primary N) is 1. The molecular formula is C38H45F3N4O2. The number of carbonyl (C=O) groups excluding carboxylic acids is 1. The summed E-state index contributed by atoms with van der Waals surface area (Å²) < 4.78 is 44.7. The number of piperazine rings is 1. The first-order valence-corrected chi connectivity index (χ1v) is 16.9. The number of ketones is 1. The maximum atomic E-state index is 12.9. The predicted octanol–water partition coefficient (Wildman–Crippen LogP) is 7.93. The molecule has 9 heteroatoms. The van der Waals surface area contributed by atoms with Crippen molar-refractivity contribution >= 4 is 16.7 Å². The molecule has 0 amide bonds. The van der Waals surface area contributed by atoms with Crippen molar-refractivity contribution in [2.75, 3.05) is 26.2 Å². The Balaban J connectivity index is 1.15. The Morgan fingerprint density at radius 2 is 1.47 bits per heavy atom. The van der Waals surface area contributed by atoms with Crippen molar-refractivity contribution in [1.82, 2.24) is 14.4 Å². The van der Waals surface area contributed by atoms with E-state index in [1.165, 1.54) is 23.3 Å². The number of ether oxygens (including phenoxy) is 1. The van der Waals surface area contributed by atoms with Crippen molar-refractivity contribution in [1.29, 1.82) is 0 Å². The Bertz CT molecular complexity index is 1620. The first kappa shape index (κ1) is 33.2. The minimum atomic E-state index is -4.73. The van der Waals surface area contributed by atoms with Crippen LogP contribution in [0.25, 0.3) is 22.0 Å². The van der Waals surface area contributed by atoms with Crippen LogP contribution >= 0.6 is 0 Å². The van der Waals surface area contributed by atoms with Gasteiger partial charge in [0.2, 0.25) is 0 Å². The third-order valence-electron chi connectivity index (χ3n) is 9.82. The molecule has 0 radical (unpaired) electrons. The fourth-order valence-corrected chi connectivity index (χ4v) is 7.18. The minimum absolute atomic E-state index is 0.182. The molecule has 4 aromatic rings. The molecule has 2 heterocycles. The summed E-state index contributed by atoms with van der Waals surface area (Å²) in [7, 11) is 0. The molecule has 3 aromatic carbocycles. The van der Waals surface area contributed by atoms with Crippen LogP contribution in [0.2, 0.25) is 0 Å². The van der Waals surface area contributed by atoms with Crippen LogP contribution in [0, 0.1) is 0 Å². The number of halogens is 3. The number of alkyl halides is 3. The van der Waals surface area contributed by atoms with E-state index in [4.69, 9.17) is 5.73 Å². The molecule has 2 fully saturated rings. The summed E-state index contributed by atoms with van der Waals surface area (Å²) in [6.07, 6.45) is 4.22. The number of nitrogens with zero attached hydrogens (tertiary/aromatic N) is 3. The van der Waals surface area contributed by atoms with E-state index >= 15 is 0 Å². The van der Waals surface area contributed by atoms with Crippen LogP contribution in [0.4, 0.5) is 13.2 Å². The lowest BCUT2D eigenvalue weighted by atomic mass is 9.78. The molecule has 6 rings (SSSR count). The summed E-state index contributed by atoms with van der Waals surface area (Å²) in [5, 5.41) is 1.06. The summed E-state index contributed by atoms with van der Waals surface area (Å²) in [6.45, 7) is 6.54. The van der Waals surface area contributed by atoms with E-state index in [0.29, 0.717) is 6.42 Å². The van der Waals surface area contributed by atoms with Gasteiger partial charge in [0.25, 0.3) is 0 Å². The van der Waals surface area contributed by atoms with Crippen molar-refractivity contribution in [2.45, 2.75) is 82.9 Å². The minimum Gasteiger partial charge on any atom is -0.406 e. The van der Waals surface area contributed by atoms with Gasteiger partial charge in [0.15, 0.2) is 5.78 Å². The zero-order chi connectivity index (χ0) is 32.9. The predicted molar refractivity (Wildman–Crippen MR) is 180 cm³/mol. The van der Waals surface area contributed by atoms with E-state index in [9.17, 15) is 18.0 Å². The third-order valence-corrected chi connectivity index (χ3v) is 9.82. The molecule has 1 saturated carbocycles. The van der Waals surface area contributed by atoms with Gasteiger partial charge in [0.1, 0.15) is 5.75 Å². The molecule has 0 unspecified atom stereocenters. The molecule has 1 aliphatic heterocycles. The molecule has 0 bridgehead atoms. The van der Waals surface area contributed by atoms with Crippen LogP contribution in [0.15, 0.2) is 79.0 Å². The first-order chi connectivity index (χ1) is 22.6. The Hall–Kier alpha value is -3.66. The van der Waals surface area contributed by atoms with Gasteiger partial charge in [-0.15, -0.1) is 13.2 Å². The topological polar surface area (TPSA) is 63.7 Å². The summed E-state index contributed by atoms with van der Waals surface area (Å²) in [5.41, 5.74) is 11.2. The van der Waals surface area contributed by atoms with Gasteiger partial charge in [-0.25, -0.2) is 0 Å². The van der Waals surface area contributed by atoms with Crippen LogP contribution in [-0.4, -0.2) is 58.2 Å². The van der Waals surface area contributed by atoms with Gasteiger partial charge in [-0.2, -0.15) is 0 Å². The normalized spacial score (nSPS) is 17.6. The van der Waals surface area contributed by atoms with Crippen LogP contribution in [0.3, 0.4) is 0 Å². The molecule has 1 saturated heterocycles. The first-order valence-electron chi connectivity index (χ1n) is 16.9. The highest BCUT2D eigenvalue weighted by Crippen LogP contribution is 2.34. The molecule has 2 aliphatic rings. The zero-order valence-corrected chi connectivity index (χ0v) is 27.0. The largest absolute Gasteiger partial charge is 0.573 e. The number of rotatable bonds is 12. The maximum Gasteiger partial charge on any atom is 0.573 e. The highest BCUT2D eigenvalue weighted by atomic mass is 19.4. The quantitative estimate of drug-likeness (QED) is 0.159. The molecule has 0 atom stereocenters. The molecule has 250 valence electrons.